The molecule has 1 aliphatic rings. The van der Waals surface area contributed by atoms with Crippen LogP contribution >= 0.6 is 11.8 Å². The number of allylic oxidation sites excluding steroid dienone is 1. The van der Waals surface area contributed by atoms with Crippen molar-refractivity contribution in [2.45, 2.75) is 44.0 Å². The van der Waals surface area contributed by atoms with Gasteiger partial charge in [0, 0.05) is 4.90 Å². The number of hydrogen-bond donors (Lipinski definition) is 1. The lowest BCUT2D eigenvalue weighted by atomic mass is 9.87. The van der Waals surface area contributed by atoms with Gasteiger partial charge in [0.1, 0.15) is 0 Å². The standard InChI is InChI=1S/C29H32N2S/c1-5-32-27-19-14-23(15-20-27)28-21-25(30-31(28)26-9-7-6-8-10-26)18-13-22-11-16-24(17-12-22)29(2,3)4/h6-21,28,30H,5H2,1-4H3. The highest BCUT2D eigenvalue weighted by molar-refractivity contribution is 7.99. The zero-order valence-corrected chi connectivity index (χ0v) is 20.2. The van der Waals surface area contributed by atoms with Crippen molar-refractivity contribution < 1.29 is 0 Å². The van der Waals surface area contributed by atoms with Crippen LogP contribution in [0, 0.1) is 0 Å². The van der Waals surface area contributed by atoms with E-state index in [1.165, 1.54) is 21.6 Å². The number of hydrogen-bond acceptors (Lipinski definition) is 3. The van der Waals surface area contributed by atoms with Crippen LogP contribution in [-0.2, 0) is 5.41 Å². The maximum absolute atomic E-state index is 3.60. The number of nitrogens with zero attached hydrogens (tertiary/aromatic N) is 1. The van der Waals surface area contributed by atoms with Crippen molar-refractivity contribution in [3.63, 3.8) is 0 Å². The van der Waals surface area contributed by atoms with Gasteiger partial charge in [-0.05, 0) is 64.3 Å². The van der Waals surface area contributed by atoms with Crippen molar-refractivity contribution in [1.82, 2.24) is 5.43 Å². The van der Waals surface area contributed by atoms with Crippen LogP contribution in [-0.4, -0.2) is 5.75 Å². The van der Waals surface area contributed by atoms with Gasteiger partial charge in [0.05, 0.1) is 17.4 Å². The van der Waals surface area contributed by atoms with E-state index in [2.05, 4.69) is 135 Å². The molecule has 0 fully saturated rings. The molecule has 0 bridgehead atoms. The Labute approximate surface area is 197 Å². The molecule has 0 saturated heterocycles. The van der Waals surface area contributed by atoms with Crippen LogP contribution in [0.25, 0.3) is 6.08 Å². The van der Waals surface area contributed by atoms with Crippen molar-refractivity contribution in [2.75, 3.05) is 10.8 Å². The van der Waals surface area contributed by atoms with E-state index in [0.717, 1.165) is 17.1 Å². The molecule has 1 aliphatic heterocycles. The van der Waals surface area contributed by atoms with Gasteiger partial charge >= 0.3 is 0 Å². The molecule has 1 N–H and O–H groups in total. The Hall–Kier alpha value is -2.91. The van der Waals surface area contributed by atoms with Gasteiger partial charge in [-0.2, -0.15) is 0 Å². The van der Waals surface area contributed by atoms with Crippen molar-refractivity contribution in [3.8, 4) is 0 Å². The Morgan fingerprint density at radius 1 is 0.875 bits per heavy atom. The lowest BCUT2D eigenvalue weighted by Crippen LogP contribution is -2.33. The Bertz CT molecular complexity index is 1070. The van der Waals surface area contributed by atoms with E-state index >= 15 is 0 Å². The predicted octanol–water partition coefficient (Wildman–Crippen LogP) is 7.76. The number of hydrazine groups is 1. The molecule has 0 radical (unpaired) electrons. The van der Waals surface area contributed by atoms with Crippen LogP contribution in [0.4, 0.5) is 5.69 Å². The second kappa shape index (κ2) is 9.70. The highest BCUT2D eigenvalue weighted by Gasteiger charge is 2.25. The highest BCUT2D eigenvalue weighted by atomic mass is 32.2. The molecule has 0 aromatic heterocycles. The molecule has 32 heavy (non-hydrogen) atoms. The second-order valence-electron chi connectivity index (χ2n) is 9.09. The molecule has 0 amide bonds. The first kappa shape index (κ1) is 22.3. The molecule has 3 aromatic carbocycles. The zero-order valence-electron chi connectivity index (χ0n) is 19.4. The number of benzene rings is 3. The van der Waals surface area contributed by atoms with Gasteiger partial charge in [0.15, 0.2) is 0 Å². The highest BCUT2D eigenvalue weighted by Crippen LogP contribution is 2.33. The van der Waals surface area contributed by atoms with E-state index in [1.54, 1.807) is 0 Å². The van der Waals surface area contributed by atoms with Crippen LogP contribution in [0.5, 0.6) is 0 Å². The van der Waals surface area contributed by atoms with Crippen LogP contribution in [0.2, 0.25) is 0 Å². The minimum atomic E-state index is 0.140. The number of anilines is 1. The maximum atomic E-state index is 3.60. The van der Waals surface area contributed by atoms with Gasteiger partial charge in [-0.25, -0.2) is 0 Å². The molecule has 0 spiro atoms. The third-order valence-corrected chi connectivity index (χ3v) is 6.56. The smallest absolute Gasteiger partial charge is 0.0958 e. The first-order valence-corrected chi connectivity index (χ1v) is 12.3. The first-order valence-electron chi connectivity index (χ1n) is 11.3. The van der Waals surface area contributed by atoms with Gasteiger partial charge in [-0.1, -0.05) is 88.4 Å². The molecule has 1 unspecified atom stereocenters. The quantitative estimate of drug-likeness (QED) is 0.394. The van der Waals surface area contributed by atoms with E-state index in [1.807, 2.05) is 11.8 Å². The minimum Gasteiger partial charge on any atom is -0.298 e. The lowest BCUT2D eigenvalue weighted by molar-refractivity contribution is 0.590. The van der Waals surface area contributed by atoms with E-state index in [0.29, 0.717) is 0 Å². The van der Waals surface area contributed by atoms with Gasteiger partial charge in [0.25, 0.3) is 0 Å². The first-order chi connectivity index (χ1) is 15.4. The second-order valence-corrected chi connectivity index (χ2v) is 10.4. The third-order valence-electron chi connectivity index (χ3n) is 5.66. The van der Waals surface area contributed by atoms with Gasteiger partial charge in [-0.15, -0.1) is 11.8 Å². The minimum absolute atomic E-state index is 0.140. The van der Waals surface area contributed by atoms with Crippen molar-refractivity contribution >= 4 is 23.5 Å². The summed E-state index contributed by atoms with van der Waals surface area (Å²) >= 11 is 1.88. The largest absolute Gasteiger partial charge is 0.298 e. The van der Waals surface area contributed by atoms with Gasteiger partial charge in [-0.3, -0.25) is 10.4 Å². The Morgan fingerprint density at radius 2 is 1.56 bits per heavy atom. The summed E-state index contributed by atoms with van der Waals surface area (Å²) in [7, 11) is 0. The van der Waals surface area contributed by atoms with Crippen molar-refractivity contribution in [2.24, 2.45) is 0 Å². The van der Waals surface area contributed by atoms with Crippen molar-refractivity contribution in [1.29, 1.82) is 0 Å². The van der Waals surface area contributed by atoms with Crippen LogP contribution in [0.15, 0.2) is 102 Å². The summed E-state index contributed by atoms with van der Waals surface area (Å²) in [4.78, 5) is 1.32. The van der Waals surface area contributed by atoms with Crippen molar-refractivity contribution in [3.05, 3.63) is 113 Å². The SMILES string of the molecule is CCSc1ccc(C2C=C(C=Cc3ccc(C(C)(C)C)cc3)NN2c2ccccc2)cc1. The maximum Gasteiger partial charge on any atom is 0.0958 e. The average Bonchev–Trinajstić information content (AvgIpc) is 3.23. The molecular weight excluding hydrogens is 408 g/mol. The normalized spacial score (nSPS) is 16.3. The molecular formula is C29H32N2S. The summed E-state index contributed by atoms with van der Waals surface area (Å²) in [6.45, 7) is 8.93. The Kier molecular flexibility index (Phi) is 6.76. The molecule has 4 rings (SSSR count). The average molecular weight is 441 g/mol. The summed E-state index contributed by atoms with van der Waals surface area (Å²) in [5, 5.41) is 2.24. The zero-order chi connectivity index (χ0) is 22.6. The fraction of sp³-hybridized carbons (Fsp3) is 0.241. The van der Waals surface area contributed by atoms with E-state index in [-0.39, 0.29) is 11.5 Å². The third kappa shape index (κ3) is 5.28. The molecule has 0 aliphatic carbocycles. The summed E-state index contributed by atoms with van der Waals surface area (Å²) in [5.74, 6) is 1.09. The van der Waals surface area contributed by atoms with E-state index in [4.69, 9.17) is 0 Å². The molecule has 2 nitrogen and oxygen atoms in total. The number of para-hydroxylation sites is 1. The molecule has 1 atom stereocenters. The topological polar surface area (TPSA) is 15.3 Å². The fourth-order valence-corrected chi connectivity index (χ4v) is 4.51. The number of nitrogens with one attached hydrogen (secondary N) is 1. The summed E-state index contributed by atoms with van der Waals surface area (Å²) in [6, 6.07) is 28.4. The van der Waals surface area contributed by atoms with Gasteiger partial charge in [0.2, 0.25) is 0 Å². The molecule has 1 heterocycles. The van der Waals surface area contributed by atoms with Gasteiger partial charge < -0.3 is 0 Å². The monoisotopic (exact) mass is 440 g/mol. The Morgan fingerprint density at radius 3 is 2.19 bits per heavy atom. The lowest BCUT2D eigenvalue weighted by Gasteiger charge is -2.27. The number of rotatable bonds is 6. The van der Waals surface area contributed by atoms with Crippen LogP contribution in [0.1, 0.15) is 50.4 Å². The van der Waals surface area contributed by atoms with Crippen LogP contribution in [0.3, 0.4) is 0 Å². The fourth-order valence-electron chi connectivity index (χ4n) is 3.85. The summed E-state index contributed by atoms with van der Waals surface area (Å²) in [5.41, 5.74) is 9.87. The van der Waals surface area contributed by atoms with Crippen LogP contribution < -0.4 is 10.4 Å². The summed E-state index contributed by atoms with van der Waals surface area (Å²) in [6.07, 6.45) is 6.65. The number of thioether (sulfide) groups is 1. The molecule has 3 aromatic rings. The predicted molar refractivity (Wildman–Crippen MR) is 140 cm³/mol. The summed E-state index contributed by atoms with van der Waals surface area (Å²) < 4.78 is 0. The molecule has 3 heteroatoms. The Balaban J connectivity index is 1.58. The molecule has 164 valence electrons. The van der Waals surface area contributed by atoms with E-state index in [9.17, 15) is 0 Å². The van der Waals surface area contributed by atoms with E-state index < -0.39 is 0 Å². The molecule has 0 saturated carbocycles.